The van der Waals surface area contributed by atoms with Crippen molar-refractivity contribution in [2.75, 3.05) is 27.2 Å². The van der Waals surface area contributed by atoms with Gasteiger partial charge >= 0.3 is 0 Å². The first-order valence-electron chi connectivity index (χ1n) is 19.6. The Labute approximate surface area is 278 Å². The highest BCUT2D eigenvalue weighted by Gasteiger charge is 2.09. The largest absolute Gasteiger partial charge is 0.378 e. The molecule has 2 nitrogen and oxygen atoms in total. The standard InChI is InChI=1S/C42H79NO/c1-5-7-9-11-13-15-17-19-21-23-25-27-29-31-33-35-38-42(44-41-37-40-43(3)4)39-36-34-32-30-28-26-24-22-20-18-16-14-12-10-8-6-2/h5,7,9,11,13,16,18,42H,1,6,8,10,12,14-15,17,19-41H2,2-4H3. The first kappa shape index (κ1) is 42.9. The summed E-state index contributed by atoms with van der Waals surface area (Å²) >= 11 is 0. The van der Waals surface area contributed by atoms with Crippen molar-refractivity contribution >= 4 is 0 Å². The molecule has 0 aliphatic carbocycles. The first-order chi connectivity index (χ1) is 21.7. The summed E-state index contributed by atoms with van der Waals surface area (Å²) in [5.74, 6) is 0. The highest BCUT2D eigenvalue weighted by atomic mass is 16.5. The number of rotatable bonds is 36. The van der Waals surface area contributed by atoms with Crippen LogP contribution >= 0.6 is 0 Å². The van der Waals surface area contributed by atoms with E-state index in [2.05, 4.69) is 62.9 Å². The van der Waals surface area contributed by atoms with Gasteiger partial charge in [-0.2, -0.15) is 0 Å². The van der Waals surface area contributed by atoms with Crippen LogP contribution in [0.5, 0.6) is 0 Å². The van der Waals surface area contributed by atoms with Crippen LogP contribution in [0.2, 0.25) is 0 Å². The Balaban J connectivity index is 3.76. The molecule has 0 N–H and O–H groups in total. The van der Waals surface area contributed by atoms with Gasteiger partial charge in [-0.15, -0.1) is 0 Å². The molecule has 0 spiro atoms. The molecule has 0 aliphatic heterocycles. The Bertz CT molecular complexity index is 634. The number of allylic oxidation sites excluding steroid dienone is 7. The molecule has 0 heterocycles. The molecule has 258 valence electrons. The van der Waals surface area contributed by atoms with Crippen LogP contribution in [-0.4, -0.2) is 38.3 Å². The minimum Gasteiger partial charge on any atom is -0.378 e. The summed E-state index contributed by atoms with van der Waals surface area (Å²) < 4.78 is 6.40. The molecule has 0 saturated carbocycles. The molecule has 0 aromatic carbocycles. The Hall–Kier alpha value is -1.12. The maximum absolute atomic E-state index is 6.40. The minimum atomic E-state index is 0.490. The van der Waals surface area contributed by atoms with Crippen LogP contribution < -0.4 is 0 Å². The Morgan fingerprint density at radius 2 is 0.932 bits per heavy atom. The maximum Gasteiger partial charge on any atom is 0.0575 e. The fourth-order valence-electron chi connectivity index (χ4n) is 5.93. The van der Waals surface area contributed by atoms with E-state index in [9.17, 15) is 0 Å². The van der Waals surface area contributed by atoms with E-state index in [0.29, 0.717) is 6.10 Å². The van der Waals surface area contributed by atoms with Gasteiger partial charge in [-0.1, -0.05) is 178 Å². The van der Waals surface area contributed by atoms with Gasteiger partial charge in [0.15, 0.2) is 0 Å². The van der Waals surface area contributed by atoms with E-state index in [1.54, 1.807) is 0 Å². The molecular formula is C42H79NO. The molecule has 0 radical (unpaired) electrons. The Kier molecular flexibility index (Phi) is 37.1. The number of ether oxygens (including phenoxy) is 1. The quantitative estimate of drug-likeness (QED) is 0.0396. The number of hydrogen-bond acceptors (Lipinski definition) is 2. The van der Waals surface area contributed by atoms with E-state index in [4.69, 9.17) is 4.74 Å². The number of hydrogen-bond donors (Lipinski definition) is 0. The summed E-state index contributed by atoms with van der Waals surface area (Å²) in [5.41, 5.74) is 0. The molecule has 2 heteroatoms. The van der Waals surface area contributed by atoms with Crippen molar-refractivity contribution in [1.29, 1.82) is 0 Å². The van der Waals surface area contributed by atoms with E-state index in [0.717, 1.165) is 19.6 Å². The maximum atomic E-state index is 6.40. The third-order valence-electron chi connectivity index (χ3n) is 8.78. The zero-order valence-electron chi connectivity index (χ0n) is 30.4. The average molecular weight is 614 g/mol. The van der Waals surface area contributed by atoms with E-state index in [1.165, 1.54) is 173 Å². The van der Waals surface area contributed by atoms with E-state index in [1.807, 2.05) is 12.2 Å². The van der Waals surface area contributed by atoms with Crippen LogP contribution in [-0.2, 0) is 4.74 Å². The lowest BCUT2D eigenvalue weighted by Crippen LogP contribution is -2.18. The highest BCUT2D eigenvalue weighted by Crippen LogP contribution is 2.18. The smallest absolute Gasteiger partial charge is 0.0575 e. The van der Waals surface area contributed by atoms with Crippen molar-refractivity contribution in [3.05, 3.63) is 49.1 Å². The lowest BCUT2D eigenvalue weighted by molar-refractivity contribution is 0.0342. The summed E-state index contributed by atoms with van der Waals surface area (Å²) in [4.78, 5) is 2.27. The lowest BCUT2D eigenvalue weighted by atomic mass is 10.0. The second kappa shape index (κ2) is 38.1. The predicted octanol–water partition coefficient (Wildman–Crippen LogP) is 13.7. The van der Waals surface area contributed by atoms with Gasteiger partial charge in [-0.05, 0) is 78.4 Å². The molecule has 0 aliphatic rings. The molecule has 0 bridgehead atoms. The van der Waals surface area contributed by atoms with Gasteiger partial charge in [0.1, 0.15) is 0 Å². The van der Waals surface area contributed by atoms with E-state index >= 15 is 0 Å². The average Bonchev–Trinajstić information content (AvgIpc) is 3.02. The fourth-order valence-corrected chi connectivity index (χ4v) is 5.93. The Morgan fingerprint density at radius 1 is 0.500 bits per heavy atom. The van der Waals surface area contributed by atoms with Crippen molar-refractivity contribution in [3.8, 4) is 0 Å². The molecule has 1 unspecified atom stereocenters. The van der Waals surface area contributed by atoms with Gasteiger partial charge in [-0.25, -0.2) is 0 Å². The molecule has 1 atom stereocenters. The summed E-state index contributed by atoms with van der Waals surface area (Å²) in [6.45, 7) is 8.04. The SMILES string of the molecule is C=CC=CC=CCCCCCCCCCCCCC(CCCCCCCCCCC=CCCCCCC)OCCCN(C)C. The second-order valence-electron chi connectivity index (χ2n) is 13.5. The van der Waals surface area contributed by atoms with Crippen molar-refractivity contribution in [2.45, 2.75) is 193 Å². The molecule has 0 saturated heterocycles. The van der Waals surface area contributed by atoms with Crippen molar-refractivity contribution < 1.29 is 4.74 Å². The lowest BCUT2D eigenvalue weighted by Gasteiger charge is -2.19. The van der Waals surface area contributed by atoms with Crippen LogP contribution in [0, 0.1) is 0 Å². The number of nitrogens with zero attached hydrogens (tertiary/aromatic N) is 1. The van der Waals surface area contributed by atoms with Gasteiger partial charge in [0.25, 0.3) is 0 Å². The molecule has 0 aromatic rings. The van der Waals surface area contributed by atoms with E-state index < -0.39 is 0 Å². The highest BCUT2D eigenvalue weighted by molar-refractivity contribution is 5.08. The third-order valence-corrected chi connectivity index (χ3v) is 8.78. The van der Waals surface area contributed by atoms with Crippen LogP contribution in [0.4, 0.5) is 0 Å². The van der Waals surface area contributed by atoms with Crippen molar-refractivity contribution in [3.63, 3.8) is 0 Å². The van der Waals surface area contributed by atoms with E-state index in [-0.39, 0.29) is 0 Å². The summed E-state index contributed by atoms with van der Waals surface area (Å²) in [5, 5.41) is 0. The molecule has 0 fully saturated rings. The molecule has 44 heavy (non-hydrogen) atoms. The monoisotopic (exact) mass is 614 g/mol. The normalized spacial score (nSPS) is 12.9. The minimum absolute atomic E-state index is 0.490. The third kappa shape index (κ3) is 37.1. The molecular weight excluding hydrogens is 534 g/mol. The van der Waals surface area contributed by atoms with Crippen molar-refractivity contribution in [2.24, 2.45) is 0 Å². The Morgan fingerprint density at radius 3 is 1.39 bits per heavy atom. The fraction of sp³-hybridized carbons (Fsp3) is 0.810. The van der Waals surface area contributed by atoms with Gasteiger partial charge < -0.3 is 9.64 Å². The van der Waals surface area contributed by atoms with Gasteiger partial charge in [-0.3, -0.25) is 0 Å². The molecule has 0 rings (SSSR count). The van der Waals surface area contributed by atoms with Crippen LogP contribution in [0.1, 0.15) is 187 Å². The topological polar surface area (TPSA) is 12.5 Å². The van der Waals surface area contributed by atoms with Gasteiger partial charge in [0.05, 0.1) is 6.10 Å². The van der Waals surface area contributed by atoms with Crippen LogP contribution in [0.3, 0.4) is 0 Å². The number of unbranched alkanes of at least 4 members (excludes halogenated alkanes) is 22. The first-order valence-corrected chi connectivity index (χ1v) is 19.6. The molecule has 0 amide bonds. The van der Waals surface area contributed by atoms with Crippen LogP contribution in [0.15, 0.2) is 49.1 Å². The van der Waals surface area contributed by atoms with Crippen LogP contribution in [0.25, 0.3) is 0 Å². The molecule has 0 aromatic heterocycles. The zero-order chi connectivity index (χ0) is 32.0. The predicted molar refractivity (Wildman–Crippen MR) is 201 cm³/mol. The zero-order valence-corrected chi connectivity index (χ0v) is 30.4. The van der Waals surface area contributed by atoms with Gasteiger partial charge in [0, 0.05) is 6.61 Å². The summed E-state index contributed by atoms with van der Waals surface area (Å²) in [6.07, 6.45) is 53.8. The van der Waals surface area contributed by atoms with Crippen molar-refractivity contribution in [1.82, 2.24) is 4.90 Å². The van der Waals surface area contributed by atoms with Gasteiger partial charge in [0.2, 0.25) is 0 Å². The summed E-state index contributed by atoms with van der Waals surface area (Å²) in [7, 11) is 4.32. The summed E-state index contributed by atoms with van der Waals surface area (Å²) in [6, 6.07) is 0. The second-order valence-corrected chi connectivity index (χ2v) is 13.5.